The number of isocyanates is 2. The number of aromatic carboxylic acids is 2. The van der Waals surface area contributed by atoms with Gasteiger partial charge >= 0.3 is 24.3 Å². The normalized spacial score (nSPS) is 11.8. The van der Waals surface area contributed by atoms with Crippen LogP contribution in [0.2, 0.25) is 0 Å². The third-order valence-electron chi connectivity index (χ3n) is 4.48. The van der Waals surface area contributed by atoms with Gasteiger partial charge in [-0.2, -0.15) is 36.3 Å². The van der Waals surface area contributed by atoms with E-state index in [0.717, 1.165) is 12.2 Å². The van der Waals surface area contributed by atoms with Crippen molar-refractivity contribution in [3.63, 3.8) is 0 Å². The zero-order valence-corrected chi connectivity index (χ0v) is 15.7. The number of benzene rings is 2. The SMILES string of the molecule is O=C=Nc1cc(C(=O)O)ccc1C(c1ccc(C(=O)O)cc1N=C=O)(C(F)(F)F)C(F)(F)F. The number of carbonyl (C=O) groups is 2. The maximum absolute atomic E-state index is 14.4. The van der Waals surface area contributed by atoms with Crippen LogP contribution in [0.15, 0.2) is 46.4 Å². The monoisotopic (exact) mass is 474 g/mol. The first-order valence-electron chi connectivity index (χ1n) is 8.27. The molecule has 2 aromatic carbocycles. The molecule has 0 aliphatic rings. The van der Waals surface area contributed by atoms with Crippen molar-refractivity contribution in [3.05, 3.63) is 58.7 Å². The molecule has 0 saturated heterocycles. The Bertz CT molecular complexity index is 1130. The van der Waals surface area contributed by atoms with Crippen molar-refractivity contribution in [2.75, 3.05) is 0 Å². The largest absolute Gasteiger partial charge is 0.478 e. The second-order valence-corrected chi connectivity index (χ2v) is 6.23. The maximum atomic E-state index is 14.4. The molecule has 0 unspecified atom stereocenters. The molecule has 0 heterocycles. The number of nitrogens with zero attached hydrogens (tertiary/aromatic N) is 2. The van der Waals surface area contributed by atoms with Crippen LogP contribution in [0.5, 0.6) is 0 Å². The van der Waals surface area contributed by atoms with Gasteiger partial charge in [0.05, 0.1) is 22.5 Å². The molecular formula is C19H8F6N2O6. The van der Waals surface area contributed by atoms with E-state index in [1.807, 2.05) is 0 Å². The van der Waals surface area contributed by atoms with E-state index in [0.29, 0.717) is 24.3 Å². The highest BCUT2D eigenvalue weighted by Gasteiger charge is 2.74. The number of halogens is 6. The van der Waals surface area contributed by atoms with Gasteiger partial charge in [-0.15, -0.1) is 0 Å². The van der Waals surface area contributed by atoms with E-state index in [1.54, 1.807) is 0 Å². The lowest BCUT2D eigenvalue weighted by Crippen LogP contribution is -2.55. The molecule has 33 heavy (non-hydrogen) atoms. The highest BCUT2D eigenvalue weighted by molar-refractivity contribution is 5.90. The van der Waals surface area contributed by atoms with E-state index in [1.165, 1.54) is 0 Å². The zero-order chi connectivity index (χ0) is 25.2. The Morgan fingerprint density at radius 2 is 1.03 bits per heavy atom. The Hall–Kier alpha value is -4.28. The molecular weight excluding hydrogens is 466 g/mol. The highest BCUT2D eigenvalue weighted by Crippen LogP contribution is 2.60. The van der Waals surface area contributed by atoms with Gasteiger partial charge in [-0.25, -0.2) is 19.2 Å². The zero-order valence-electron chi connectivity index (χ0n) is 15.7. The van der Waals surface area contributed by atoms with Crippen LogP contribution in [0.4, 0.5) is 37.7 Å². The predicted octanol–water partition coefficient (Wildman–Crippen LogP) is 4.43. The molecule has 2 rings (SSSR count). The number of carbonyl (C=O) groups excluding carboxylic acids is 2. The van der Waals surface area contributed by atoms with Crippen molar-refractivity contribution in [2.45, 2.75) is 17.8 Å². The Balaban J connectivity index is 3.21. The molecule has 0 spiro atoms. The molecule has 0 aliphatic heterocycles. The van der Waals surface area contributed by atoms with Crippen LogP contribution in [0.3, 0.4) is 0 Å². The lowest BCUT2D eigenvalue weighted by molar-refractivity contribution is -0.288. The molecule has 0 aliphatic carbocycles. The van der Waals surface area contributed by atoms with Gasteiger partial charge in [-0.05, 0) is 24.3 Å². The fourth-order valence-corrected chi connectivity index (χ4v) is 3.16. The Labute approximate surface area is 178 Å². The summed E-state index contributed by atoms with van der Waals surface area (Å²) in [6.07, 6.45) is -11.0. The molecule has 0 radical (unpaired) electrons. The predicted molar refractivity (Wildman–Crippen MR) is 95.3 cm³/mol. The summed E-state index contributed by atoms with van der Waals surface area (Å²) in [6, 6.07) is 1.73. The van der Waals surface area contributed by atoms with Gasteiger partial charge in [0.25, 0.3) is 0 Å². The van der Waals surface area contributed by atoms with Gasteiger partial charge in [0.2, 0.25) is 17.6 Å². The topological polar surface area (TPSA) is 133 Å². The van der Waals surface area contributed by atoms with Crippen molar-refractivity contribution in [1.29, 1.82) is 0 Å². The first-order valence-corrected chi connectivity index (χ1v) is 8.27. The summed E-state index contributed by atoms with van der Waals surface area (Å²) >= 11 is 0. The quantitative estimate of drug-likeness (QED) is 0.362. The summed E-state index contributed by atoms with van der Waals surface area (Å²) < 4.78 is 86.2. The molecule has 172 valence electrons. The highest BCUT2D eigenvalue weighted by atomic mass is 19.4. The van der Waals surface area contributed by atoms with Crippen LogP contribution >= 0.6 is 0 Å². The lowest BCUT2D eigenvalue weighted by Gasteiger charge is -2.39. The number of aliphatic imine (C=N–C) groups is 2. The summed E-state index contributed by atoms with van der Waals surface area (Å²) in [4.78, 5) is 49.3. The smallest absolute Gasteiger partial charge is 0.411 e. The molecule has 2 N–H and O–H groups in total. The average Bonchev–Trinajstić information content (AvgIpc) is 2.68. The molecule has 0 atom stereocenters. The first kappa shape index (κ1) is 25.0. The molecule has 0 bridgehead atoms. The third-order valence-corrected chi connectivity index (χ3v) is 4.48. The fourth-order valence-electron chi connectivity index (χ4n) is 3.16. The Morgan fingerprint density at radius 1 is 0.697 bits per heavy atom. The van der Waals surface area contributed by atoms with Gasteiger partial charge in [-0.1, -0.05) is 12.1 Å². The molecule has 8 nitrogen and oxygen atoms in total. The van der Waals surface area contributed by atoms with E-state index in [9.17, 15) is 45.5 Å². The number of alkyl halides is 6. The van der Waals surface area contributed by atoms with Gasteiger partial charge in [0.1, 0.15) is 0 Å². The van der Waals surface area contributed by atoms with Crippen molar-refractivity contribution < 1.29 is 55.7 Å². The second kappa shape index (κ2) is 8.69. The lowest BCUT2D eigenvalue weighted by atomic mass is 9.71. The molecule has 0 saturated carbocycles. The third kappa shape index (κ3) is 4.25. The van der Waals surface area contributed by atoms with E-state index in [-0.39, 0.29) is 12.1 Å². The van der Waals surface area contributed by atoms with Crippen LogP contribution in [0, 0.1) is 0 Å². The molecule has 0 amide bonds. The van der Waals surface area contributed by atoms with Crippen molar-refractivity contribution in [2.24, 2.45) is 9.98 Å². The van der Waals surface area contributed by atoms with Gasteiger partial charge in [0.15, 0.2) is 0 Å². The van der Waals surface area contributed by atoms with Crippen LogP contribution in [-0.2, 0) is 15.0 Å². The summed E-state index contributed by atoms with van der Waals surface area (Å²) in [6.45, 7) is 0. The fraction of sp³-hybridized carbons (Fsp3) is 0.158. The van der Waals surface area contributed by atoms with Gasteiger partial charge in [-0.3, -0.25) is 0 Å². The van der Waals surface area contributed by atoms with E-state index >= 15 is 0 Å². The minimum Gasteiger partial charge on any atom is -0.478 e. The second-order valence-electron chi connectivity index (χ2n) is 6.23. The summed E-state index contributed by atoms with van der Waals surface area (Å²) in [5.41, 5.74) is -12.7. The summed E-state index contributed by atoms with van der Waals surface area (Å²) in [5.74, 6) is -3.49. The minimum absolute atomic E-state index is 0.153. The maximum Gasteiger partial charge on any atom is 0.411 e. The van der Waals surface area contributed by atoms with Gasteiger partial charge < -0.3 is 10.2 Å². The summed E-state index contributed by atoms with van der Waals surface area (Å²) in [7, 11) is 0. The van der Waals surface area contributed by atoms with Crippen LogP contribution in [0.1, 0.15) is 31.8 Å². The number of carboxylic acids is 2. The minimum atomic E-state index is -6.25. The standard InChI is InChI=1S/C19H8F6N2O6/c20-18(21,22)17(19(23,24)25,11-3-1-9(15(30)31)5-13(11)26-7-28)12-4-2-10(16(32)33)6-14(12)27-8-29/h1-6H,(H,30,31)(H,32,33). The van der Waals surface area contributed by atoms with Crippen molar-refractivity contribution in [3.8, 4) is 0 Å². The Kier molecular flexibility index (Phi) is 6.58. The number of hydrogen-bond donors (Lipinski definition) is 2. The average molecular weight is 474 g/mol. The van der Waals surface area contributed by atoms with Crippen LogP contribution in [-0.4, -0.2) is 46.7 Å². The van der Waals surface area contributed by atoms with E-state index < -0.39 is 63.3 Å². The van der Waals surface area contributed by atoms with E-state index in [2.05, 4.69) is 9.98 Å². The Morgan fingerprint density at radius 3 is 1.27 bits per heavy atom. The van der Waals surface area contributed by atoms with Gasteiger partial charge in [0, 0.05) is 11.1 Å². The number of rotatable bonds is 6. The molecule has 2 aromatic rings. The molecule has 14 heteroatoms. The molecule has 0 aromatic heterocycles. The van der Waals surface area contributed by atoms with Crippen molar-refractivity contribution >= 4 is 35.5 Å². The van der Waals surface area contributed by atoms with Crippen molar-refractivity contribution in [1.82, 2.24) is 0 Å². The van der Waals surface area contributed by atoms with Crippen LogP contribution < -0.4 is 0 Å². The number of carboxylic acid groups (broad SMARTS) is 2. The molecule has 0 fully saturated rings. The first-order chi connectivity index (χ1) is 15.2. The number of hydrogen-bond acceptors (Lipinski definition) is 6. The van der Waals surface area contributed by atoms with Crippen LogP contribution in [0.25, 0.3) is 0 Å². The van der Waals surface area contributed by atoms with E-state index in [4.69, 9.17) is 10.2 Å². The summed E-state index contributed by atoms with van der Waals surface area (Å²) in [5, 5.41) is 18.0.